The molecule has 1 spiro atoms. The Balaban J connectivity index is 1.78. The van der Waals surface area contributed by atoms with E-state index in [0.29, 0.717) is 5.56 Å². The van der Waals surface area contributed by atoms with Crippen molar-refractivity contribution in [3.63, 3.8) is 0 Å². The van der Waals surface area contributed by atoms with E-state index in [4.69, 9.17) is 0 Å². The number of benzene rings is 1. The monoisotopic (exact) mass is 288 g/mol. The minimum absolute atomic E-state index is 0.0267. The number of aryl methyl sites for hydroxylation is 1. The van der Waals surface area contributed by atoms with Crippen molar-refractivity contribution >= 4 is 5.91 Å². The maximum Gasteiger partial charge on any atom is 0.257 e. The molecule has 114 valence electrons. The molecule has 0 saturated carbocycles. The summed E-state index contributed by atoms with van der Waals surface area (Å²) in [7, 11) is 2.15. The van der Waals surface area contributed by atoms with Crippen molar-refractivity contribution in [1.82, 2.24) is 9.80 Å². The van der Waals surface area contributed by atoms with Gasteiger partial charge in [-0.3, -0.25) is 4.79 Å². The Bertz CT molecular complexity index is 554. The van der Waals surface area contributed by atoms with Crippen molar-refractivity contribution in [1.29, 1.82) is 0 Å². The maximum atomic E-state index is 12.7. The minimum Gasteiger partial charge on any atom is -0.507 e. The average Bonchev–Trinajstić information content (AvgIpc) is 2.79. The molecule has 21 heavy (non-hydrogen) atoms. The highest BCUT2D eigenvalue weighted by Crippen LogP contribution is 2.39. The number of phenols is 1. The second-order valence-electron chi connectivity index (χ2n) is 6.84. The Morgan fingerprint density at radius 1 is 1.24 bits per heavy atom. The number of piperidine rings is 1. The fourth-order valence-corrected chi connectivity index (χ4v) is 3.87. The van der Waals surface area contributed by atoms with Crippen LogP contribution in [0.2, 0.25) is 0 Å². The molecule has 1 N–H and O–H groups in total. The number of nitrogens with zero attached hydrogens (tertiary/aromatic N) is 2. The van der Waals surface area contributed by atoms with Crippen LogP contribution in [0.25, 0.3) is 0 Å². The topological polar surface area (TPSA) is 43.8 Å². The highest BCUT2D eigenvalue weighted by atomic mass is 16.3. The van der Waals surface area contributed by atoms with Gasteiger partial charge >= 0.3 is 0 Å². The van der Waals surface area contributed by atoms with Gasteiger partial charge in [0.2, 0.25) is 0 Å². The van der Waals surface area contributed by atoms with Crippen LogP contribution in [-0.2, 0) is 0 Å². The van der Waals surface area contributed by atoms with E-state index in [1.807, 2.05) is 17.9 Å². The van der Waals surface area contributed by atoms with E-state index < -0.39 is 0 Å². The van der Waals surface area contributed by atoms with E-state index in [1.54, 1.807) is 12.1 Å². The van der Waals surface area contributed by atoms with Crippen LogP contribution in [0, 0.1) is 12.3 Å². The first-order valence-electron chi connectivity index (χ1n) is 7.77. The molecule has 1 aromatic carbocycles. The first kappa shape index (κ1) is 14.4. The summed E-state index contributed by atoms with van der Waals surface area (Å²) in [5.41, 5.74) is 1.67. The largest absolute Gasteiger partial charge is 0.507 e. The van der Waals surface area contributed by atoms with Gasteiger partial charge in [-0.05, 0) is 57.5 Å². The lowest BCUT2D eigenvalue weighted by atomic mass is 9.79. The second kappa shape index (κ2) is 5.34. The third-order valence-corrected chi connectivity index (χ3v) is 4.96. The quantitative estimate of drug-likeness (QED) is 0.862. The van der Waals surface area contributed by atoms with Gasteiger partial charge in [0.1, 0.15) is 5.75 Å². The maximum absolute atomic E-state index is 12.7. The molecule has 2 aliphatic heterocycles. The predicted molar refractivity (Wildman–Crippen MR) is 82.5 cm³/mol. The standard InChI is InChI=1S/C17H24N2O2/c1-13-4-5-14(15(20)10-13)16(21)19-8-3-6-17(12-19)7-9-18(2)11-17/h4-5,10,20H,3,6-9,11-12H2,1-2H3/t17-/m1/s1. The number of aromatic hydroxyl groups is 1. The number of likely N-dealkylation sites (tertiary alicyclic amines) is 2. The molecule has 0 radical (unpaired) electrons. The molecule has 4 nitrogen and oxygen atoms in total. The molecule has 4 heteroatoms. The first-order chi connectivity index (χ1) is 9.99. The van der Waals surface area contributed by atoms with Gasteiger partial charge in [0, 0.05) is 25.0 Å². The van der Waals surface area contributed by atoms with E-state index in [9.17, 15) is 9.90 Å². The highest BCUT2D eigenvalue weighted by molar-refractivity contribution is 5.97. The molecule has 0 aromatic heterocycles. The molecule has 3 rings (SSSR count). The smallest absolute Gasteiger partial charge is 0.257 e. The molecule has 2 fully saturated rings. The van der Waals surface area contributed by atoms with Crippen LogP contribution in [0.1, 0.15) is 35.2 Å². The van der Waals surface area contributed by atoms with Crippen molar-refractivity contribution in [2.45, 2.75) is 26.2 Å². The Morgan fingerprint density at radius 3 is 2.71 bits per heavy atom. The Morgan fingerprint density at radius 2 is 2.05 bits per heavy atom. The fraction of sp³-hybridized carbons (Fsp3) is 0.588. The van der Waals surface area contributed by atoms with Gasteiger partial charge in [0.05, 0.1) is 5.56 Å². The minimum atomic E-state index is -0.0267. The zero-order valence-corrected chi connectivity index (χ0v) is 12.9. The number of amides is 1. The number of hydrogen-bond acceptors (Lipinski definition) is 3. The van der Waals surface area contributed by atoms with E-state index in [2.05, 4.69) is 11.9 Å². The molecule has 0 aliphatic carbocycles. The van der Waals surface area contributed by atoms with Gasteiger partial charge in [-0.1, -0.05) is 6.07 Å². The van der Waals surface area contributed by atoms with Gasteiger partial charge in [-0.2, -0.15) is 0 Å². The van der Waals surface area contributed by atoms with Crippen LogP contribution in [0.3, 0.4) is 0 Å². The van der Waals surface area contributed by atoms with Gasteiger partial charge in [0.15, 0.2) is 0 Å². The van der Waals surface area contributed by atoms with E-state index >= 15 is 0 Å². The number of rotatable bonds is 1. The average molecular weight is 288 g/mol. The Hall–Kier alpha value is -1.55. The molecular weight excluding hydrogens is 264 g/mol. The van der Waals surface area contributed by atoms with Crippen molar-refractivity contribution in [2.75, 3.05) is 33.2 Å². The summed E-state index contributed by atoms with van der Waals surface area (Å²) in [6.45, 7) is 5.74. The predicted octanol–water partition coefficient (Wildman–Crippen LogP) is 2.26. The number of hydrogen-bond donors (Lipinski definition) is 1. The number of phenolic OH excluding ortho intramolecular Hbond substituents is 1. The zero-order valence-electron chi connectivity index (χ0n) is 12.9. The Labute approximate surface area is 126 Å². The summed E-state index contributed by atoms with van der Waals surface area (Å²) in [6.07, 6.45) is 3.44. The molecule has 1 aromatic rings. The molecule has 1 atom stereocenters. The normalized spacial score (nSPS) is 26.5. The van der Waals surface area contributed by atoms with E-state index in [-0.39, 0.29) is 17.1 Å². The molecule has 2 heterocycles. The fourth-order valence-electron chi connectivity index (χ4n) is 3.87. The molecule has 0 unspecified atom stereocenters. The van der Waals surface area contributed by atoms with Crippen LogP contribution in [0.15, 0.2) is 18.2 Å². The third kappa shape index (κ3) is 2.77. The van der Waals surface area contributed by atoms with Crippen LogP contribution in [0.5, 0.6) is 5.75 Å². The van der Waals surface area contributed by atoms with E-state index in [1.165, 1.54) is 12.8 Å². The summed E-state index contributed by atoms with van der Waals surface area (Å²) in [5.74, 6) is 0.0734. The van der Waals surface area contributed by atoms with Crippen molar-refractivity contribution in [3.05, 3.63) is 29.3 Å². The van der Waals surface area contributed by atoms with Gasteiger partial charge < -0.3 is 14.9 Å². The van der Waals surface area contributed by atoms with E-state index in [0.717, 1.165) is 38.2 Å². The summed E-state index contributed by atoms with van der Waals surface area (Å²) in [5, 5.41) is 10.0. The first-order valence-corrected chi connectivity index (χ1v) is 7.77. The third-order valence-electron chi connectivity index (χ3n) is 4.96. The Kier molecular flexibility index (Phi) is 3.66. The van der Waals surface area contributed by atoms with Crippen molar-refractivity contribution < 1.29 is 9.90 Å². The second-order valence-corrected chi connectivity index (χ2v) is 6.84. The lowest BCUT2D eigenvalue weighted by molar-refractivity contribution is 0.0532. The highest BCUT2D eigenvalue weighted by Gasteiger charge is 2.41. The molecule has 2 saturated heterocycles. The number of carbonyl (C=O) groups excluding carboxylic acids is 1. The molecule has 0 bridgehead atoms. The van der Waals surface area contributed by atoms with Crippen LogP contribution >= 0.6 is 0 Å². The summed E-state index contributed by atoms with van der Waals surface area (Å²) in [6, 6.07) is 5.29. The summed E-state index contributed by atoms with van der Waals surface area (Å²) in [4.78, 5) is 17.0. The molecule has 2 aliphatic rings. The lowest BCUT2D eigenvalue weighted by Gasteiger charge is -2.40. The molecule has 1 amide bonds. The van der Waals surface area contributed by atoms with Gasteiger partial charge in [-0.25, -0.2) is 0 Å². The SMILES string of the molecule is Cc1ccc(C(=O)N2CCC[C@]3(CCN(C)C3)C2)c(O)c1. The van der Waals surface area contributed by atoms with Crippen LogP contribution in [0.4, 0.5) is 0 Å². The van der Waals surface area contributed by atoms with Crippen molar-refractivity contribution in [3.8, 4) is 5.75 Å². The lowest BCUT2D eigenvalue weighted by Crippen LogP contribution is -2.47. The summed E-state index contributed by atoms with van der Waals surface area (Å²) >= 11 is 0. The van der Waals surface area contributed by atoms with Crippen LogP contribution < -0.4 is 0 Å². The van der Waals surface area contributed by atoms with Crippen LogP contribution in [-0.4, -0.2) is 54.0 Å². The molecular formula is C17H24N2O2. The number of carbonyl (C=O) groups is 1. The zero-order chi connectivity index (χ0) is 15.0. The summed E-state index contributed by atoms with van der Waals surface area (Å²) < 4.78 is 0. The van der Waals surface area contributed by atoms with Gasteiger partial charge in [0.25, 0.3) is 5.91 Å². The van der Waals surface area contributed by atoms with Gasteiger partial charge in [-0.15, -0.1) is 0 Å². The van der Waals surface area contributed by atoms with Crippen molar-refractivity contribution in [2.24, 2.45) is 5.41 Å².